The van der Waals surface area contributed by atoms with Crippen molar-refractivity contribution in [3.63, 3.8) is 0 Å². The molecule has 6 nitrogen and oxygen atoms in total. The van der Waals surface area contributed by atoms with Crippen LogP contribution in [0.1, 0.15) is 59.9 Å². The number of rotatable bonds is 7. The maximum absolute atomic E-state index is 13.1. The minimum Gasteiger partial charge on any atom is -0.496 e. The molecule has 1 aliphatic carbocycles. The van der Waals surface area contributed by atoms with Gasteiger partial charge in [-0.15, -0.1) is 0 Å². The molecule has 4 rings (SSSR count). The molecule has 0 bridgehead atoms. The number of aryl methyl sites for hydroxylation is 1. The fourth-order valence-electron chi connectivity index (χ4n) is 4.60. The van der Waals surface area contributed by atoms with E-state index in [1.54, 1.807) is 7.11 Å². The molecule has 29 heavy (non-hydrogen) atoms. The summed E-state index contributed by atoms with van der Waals surface area (Å²) in [5.41, 5.74) is 4.29. The summed E-state index contributed by atoms with van der Waals surface area (Å²) < 4.78 is 7.57. The van der Waals surface area contributed by atoms with Crippen molar-refractivity contribution in [1.82, 2.24) is 20.0 Å². The van der Waals surface area contributed by atoms with E-state index in [-0.39, 0.29) is 5.91 Å². The summed E-state index contributed by atoms with van der Waals surface area (Å²) in [6.07, 6.45) is 6.14. The van der Waals surface area contributed by atoms with Crippen LogP contribution in [0.5, 0.6) is 5.75 Å². The van der Waals surface area contributed by atoms with Crippen molar-refractivity contribution in [1.29, 1.82) is 0 Å². The number of methoxy groups -OCH3 is 1. The average molecular weight is 397 g/mol. The third-order valence-corrected chi connectivity index (χ3v) is 6.15. The number of likely N-dealkylation sites (tertiary alicyclic amines) is 1. The summed E-state index contributed by atoms with van der Waals surface area (Å²) in [5, 5.41) is 8.47. The van der Waals surface area contributed by atoms with Gasteiger partial charge in [0.25, 0.3) is 5.91 Å². The van der Waals surface area contributed by atoms with Crippen LogP contribution in [0.25, 0.3) is 0 Å². The van der Waals surface area contributed by atoms with Gasteiger partial charge >= 0.3 is 0 Å². The molecule has 0 spiro atoms. The van der Waals surface area contributed by atoms with Gasteiger partial charge in [-0.25, -0.2) is 0 Å². The lowest BCUT2D eigenvalue weighted by Crippen LogP contribution is -2.35. The van der Waals surface area contributed by atoms with Crippen LogP contribution in [-0.4, -0.2) is 46.8 Å². The fraction of sp³-hybridized carbons (Fsp3) is 0.565. The number of ether oxygens (including phenoxy) is 1. The second kappa shape index (κ2) is 8.99. The SMILES string of the molecule is CCCn1nc(C(=O)N2CCCC2)c2c1CCC(NCc1ccccc1OC)C2. The third kappa shape index (κ3) is 4.17. The van der Waals surface area contributed by atoms with E-state index in [1.165, 1.54) is 11.3 Å². The molecule has 2 heterocycles. The predicted octanol–water partition coefficient (Wildman–Crippen LogP) is 3.18. The van der Waals surface area contributed by atoms with Gasteiger partial charge in [-0.05, 0) is 44.6 Å². The van der Waals surface area contributed by atoms with E-state index in [0.717, 1.165) is 76.0 Å². The zero-order valence-electron chi connectivity index (χ0n) is 17.6. The Labute approximate surface area is 173 Å². The molecule has 1 amide bonds. The number of fused-ring (bicyclic) bond motifs is 1. The van der Waals surface area contributed by atoms with Crippen LogP contribution in [0.3, 0.4) is 0 Å². The third-order valence-electron chi connectivity index (χ3n) is 6.15. The van der Waals surface area contributed by atoms with E-state index in [1.807, 2.05) is 23.1 Å². The van der Waals surface area contributed by atoms with Crippen LogP contribution in [0.15, 0.2) is 24.3 Å². The number of hydrogen-bond donors (Lipinski definition) is 1. The highest BCUT2D eigenvalue weighted by Gasteiger charge is 2.31. The second-order valence-corrected chi connectivity index (χ2v) is 8.13. The normalized spacial score (nSPS) is 18.7. The van der Waals surface area contributed by atoms with Crippen molar-refractivity contribution in [2.75, 3.05) is 20.2 Å². The molecule has 1 aromatic carbocycles. The van der Waals surface area contributed by atoms with Crippen molar-refractivity contribution < 1.29 is 9.53 Å². The minimum atomic E-state index is 0.124. The van der Waals surface area contributed by atoms with Crippen molar-refractivity contribution in [2.45, 2.75) is 64.6 Å². The molecule has 1 unspecified atom stereocenters. The van der Waals surface area contributed by atoms with Gasteiger partial charge in [0.1, 0.15) is 5.75 Å². The van der Waals surface area contributed by atoms with Crippen LogP contribution < -0.4 is 10.1 Å². The number of nitrogens with zero attached hydrogens (tertiary/aromatic N) is 3. The summed E-state index contributed by atoms with van der Waals surface area (Å²) in [4.78, 5) is 15.1. The molecule has 156 valence electrons. The van der Waals surface area contributed by atoms with E-state index in [0.29, 0.717) is 11.7 Å². The average Bonchev–Trinajstić information content (AvgIpc) is 3.41. The number of benzene rings is 1. The summed E-state index contributed by atoms with van der Waals surface area (Å²) >= 11 is 0. The van der Waals surface area contributed by atoms with Gasteiger partial charge in [-0.3, -0.25) is 9.48 Å². The number of nitrogens with one attached hydrogen (secondary N) is 1. The number of carbonyl (C=O) groups is 1. The van der Waals surface area contributed by atoms with Crippen LogP contribution in [-0.2, 0) is 25.9 Å². The quantitative estimate of drug-likeness (QED) is 0.781. The maximum atomic E-state index is 13.1. The summed E-state index contributed by atoms with van der Waals surface area (Å²) in [6.45, 7) is 5.54. The first-order chi connectivity index (χ1) is 14.2. The van der Waals surface area contributed by atoms with Gasteiger partial charge in [-0.2, -0.15) is 5.10 Å². The Bertz CT molecular complexity index is 855. The Morgan fingerprint density at radius 1 is 1.28 bits per heavy atom. The molecule has 1 N–H and O–H groups in total. The summed E-state index contributed by atoms with van der Waals surface area (Å²) in [5.74, 6) is 1.04. The van der Waals surface area contributed by atoms with Gasteiger partial charge in [0.2, 0.25) is 0 Å². The first-order valence-corrected chi connectivity index (χ1v) is 10.9. The Morgan fingerprint density at radius 2 is 2.07 bits per heavy atom. The summed E-state index contributed by atoms with van der Waals surface area (Å²) in [6, 6.07) is 8.48. The van der Waals surface area contributed by atoms with Crippen LogP contribution >= 0.6 is 0 Å². The Morgan fingerprint density at radius 3 is 2.83 bits per heavy atom. The van der Waals surface area contributed by atoms with Gasteiger partial charge < -0.3 is 15.0 Å². The standard InChI is InChI=1S/C23H32N4O2/c1-3-12-27-20-11-10-18(24-16-17-8-4-5-9-21(17)29-2)15-19(20)22(25-27)23(28)26-13-6-7-14-26/h4-5,8-9,18,24H,3,6-7,10-16H2,1-2H3. The van der Waals surface area contributed by atoms with Gasteiger partial charge in [-0.1, -0.05) is 25.1 Å². The molecule has 6 heteroatoms. The molecule has 1 fully saturated rings. The first-order valence-electron chi connectivity index (χ1n) is 10.9. The highest BCUT2D eigenvalue weighted by atomic mass is 16.5. The summed E-state index contributed by atoms with van der Waals surface area (Å²) in [7, 11) is 1.71. The van der Waals surface area contributed by atoms with Gasteiger partial charge in [0, 0.05) is 49.0 Å². The monoisotopic (exact) mass is 396 g/mol. The van der Waals surface area contributed by atoms with Gasteiger partial charge in [0.15, 0.2) is 5.69 Å². The number of para-hydroxylation sites is 1. The molecular weight excluding hydrogens is 364 g/mol. The number of aromatic nitrogens is 2. The lowest BCUT2D eigenvalue weighted by atomic mass is 9.91. The molecule has 1 atom stereocenters. The minimum absolute atomic E-state index is 0.124. The molecule has 1 saturated heterocycles. The zero-order valence-corrected chi connectivity index (χ0v) is 17.6. The van der Waals surface area contributed by atoms with Gasteiger partial charge in [0.05, 0.1) is 7.11 Å². The highest BCUT2D eigenvalue weighted by molar-refractivity contribution is 5.94. The van der Waals surface area contributed by atoms with Crippen LogP contribution in [0, 0.1) is 0 Å². The van der Waals surface area contributed by atoms with E-state index in [9.17, 15) is 4.79 Å². The largest absolute Gasteiger partial charge is 0.496 e. The number of hydrogen-bond acceptors (Lipinski definition) is 4. The van der Waals surface area contributed by atoms with Crippen molar-refractivity contribution in [3.8, 4) is 5.75 Å². The molecule has 2 aromatic rings. The zero-order chi connectivity index (χ0) is 20.2. The van der Waals surface area contributed by atoms with Crippen molar-refractivity contribution in [3.05, 3.63) is 46.8 Å². The Hall–Kier alpha value is -2.34. The van der Waals surface area contributed by atoms with E-state index in [4.69, 9.17) is 9.84 Å². The van der Waals surface area contributed by atoms with Crippen LogP contribution in [0.2, 0.25) is 0 Å². The molecule has 1 aromatic heterocycles. The number of carbonyl (C=O) groups excluding carboxylic acids is 1. The molecule has 1 aliphatic heterocycles. The van der Waals surface area contributed by atoms with E-state index in [2.05, 4.69) is 23.0 Å². The fourth-order valence-corrected chi connectivity index (χ4v) is 4.60. The Balaban J connectivity index is 1.51. The highest BCUT2D eigenvalue weighted by Crippen LogP contribution is 2.27. The maximum Gasteiger partial charge on any atom is 0.274 e. The Kier molecular flexibility index (Phi) is 6.19. The molecule has 0 saturated carbocycles. The van der Waals surface area contributed by atoms with Crippen molar-refractivity contribution in [2.24, 2.45) is 0 Å². The lowest BCUT2D eigenvalue weighted by molar-refractivity contribution is 0.0784. The first kappa shape index (κ1) is 20.0. The topological polar surface area (TPSA) is 59.4 Å². The van der Waals surface area contributed by atoms with E-state index < -0.39 is 0 Å². The molecule has 2 aliphatic rings. The number of amides is 1. The van der Waals surface area contributed by atoms with Crippen molar-refractivity contribution >= 4 is 5.91 Å². The predicted molar refractivity (Wildman–Crippen MR) is 113 cm³/mol. The van der Waals surface area contributed by atoms with Crippen LogP contribution in [0.4, 0.5) is 0 Å². The van der Waals surface area contributed by atoms with E-state index >= 15 is 0 Å². The smallest absolute Gasteiger partial charge is 0.274 e. The molecular formula is C23H32N4O2. The molecule has 0 radical (unpaired) electrons. The second-order valence-electron chi connectivity index (χ2n) is 8.13. The lowest BCUT2D eigenvalue weighted by Gasteiger charge is -2.25.